The van der Waals surface area contributed by atoms with E-state index in [1.807, 2.05) is 38.1 Å². The van der Waals surface area contributed by atoms with E-state index in [4.69, 9.17) is 26.1 Å². The van der Waals surface area contributed by atoms with Crippen molar-refractivity contribution in [3.05, 3.63) is 46.5 Å². The first-order valence-electron chi connectivity index (χ1n) is 9.35. The minimum Gasteiger partial charge on any atom is -0.486 e. The fourth-order valence-electron chi connectivity index (χ4n) is 3.17. The fraction of sp³-hybridized carbons (Fsp3) is 0.333. The number of amides is 1. The summed E-state index contributed by atoms with van der Waals surface area (Å²) >= 11 is 7.68. The second-order valence-electron chi connectivity index (χ2n) is 7.18. The lowest BCUT2D eigenvalue weighted by atomic mass is 10.1. The predicted octanol–water partition coefficient (Wildman–Crippen LogP) is 4.24. The Bertz CT molecular complexity index is 1070. The average Bonchev–Trinajstić information content (AvgIpc) is 3.11. The van der Waals surface area contributed by atoms with Crippen molar-refractivity contribution in [3.8, 4) is 11.5 Å². The van der Waals surface area contributed by atoms with E-state index in [1.54, 1.807) is 23.1 Å². The molecule has 152 valence electrons. The molecule has 1 aliphatic heterocycles. The minimum atomic E-state index is -0.119. The fourth-order valence-corrected chi connectivity index (χ4v) is 4.62. The maximum Gasteiger partial charge on any atom is 0.260 e. The molecule has 1 amide bonds. The Hall–Kier alpha value is -2.35. The lowest BCUT2D eigenvalue weighted by Gasteiger charge is -2.23. The van der Waals surface area contributed by atoms with E-state index in [0.717, 1.165) is 15.8 Å². The molecule has 0 N–H and O–H groups in total. The third kappa shape index (κ3) is 4.17. The van der Waals surface area contributed by atoms with E-state index >= 15 is 0 Å². The number of benzene rings is 2. The number of nitrogens with zero attached hydrogens (tertiary/aromatic N) is 3. The van der Waals surface area contributed by atoms with Crippen LogP contribution in [0.2, 0.25) is 5.02 Å². The molecule has 0 bridgehead atoms. The molecule has 1 aromatic heterocycles. The molecule has 0 unspecified atom stereocenters. The second kappa shape index (κ2) is 8.18. The van der Waals surface area contributed by atoms with Crippen molar-refractivity contribution in [2.45, 2.75) is 6.92 Å². The van der Waals surface area contributed by atoms with Gasteiger partial charge in [0.2, 0.25) is 0 Å². The number of hydrogen-bond donors (Lipinski definition) is 0. The number of aryl methyl sites for hydroxylation is 1. The Labute approximate surface area is 178 Å². The number of thiazole rings is 1. The molecule has 2 aromatic carbocycles. The van der Waals surface area contributed by atoms with Gasteiger partial charge in [0.1, 0.15) is 13.2 Å². The molecule has 3 aromatic rings. The first kappa shape index (κ1) is 19.9. The zero-order valence-electron chi connectivity index (χ0n) is 16.6. The van der Waals surface area contributed by atoms with Gasteiger partial charge < -0.3 is 14.4 Å². The van der Waals surface area contributed by atoms with E-state index in [2.05, 4.69) is 0 Å². The van der Waals surface area contributed by atoms with Gasteiger partial charge in [-0.3, -0.25) is 9.69 Å². The highest BCUT2D eigenvalue weighted by Crippen LogP contribution is 2.35. The largest absolute Gasteiger partial charge is 0.486 e. The number of carbonyl (C=O) groups is 1. The monoisotopic (exact) mass is 431 g/mol. The number of carbonyl (C=O) groups excluding carboxylic acids is 1. The average molecular weight is 432 g/mol. The molecule has 0 aliphatic carbocycles. The molecule has 0 saturated heterocycles. The summed E-state index contributed by atoms with van der Waals surface area (Å²) in [6, 6.07) is 9.08. The predicted molar refractivity (Wildman–Crippen MR) is 117 cm³/mol. The van der Waals surface area contributed by atoms with Gasteiger partial charge in [0.05, 0.1) is 10.2 Å². The number of ether oxygens (including phenoxy) is 2. The molecule has 8 heteroatoms. The van der Waals surface area contributed by atoms with E-state index in [-0.39, 0.29) is 5.91 Å². The van der Waals surface area contributed by atoms with Crippen molar-refractivity contribution in [3.63, 3.8) is 0 Å². The summed E-state index contributed by atoms with van der Waals surface area (Å²) in [6.45, 7) is 4.21. The highest BCUT2D eigenvalue weighted by atomic mass is 35.5. The SMILES string of the molecule is Cc1cc(Cl)cc2sc(N(CCN(C)C)C(=O)c3ccc4c(c3)OCCO4)nc12. The standard InChI is InChI=1S/C21H22ClN3O3S/c1-13-10-15(22)12-18-19(13)23-21(29-18)25(7-6-24(2)3)20(26)14-4-5-16-17(11-14)28-9-8-27-16/h4-5,10-12H,6-9H2,1-3H3. The van der Waals surface area contributed by atoms with E-state index < -0.39 is 0 Å². The summed E-state index contributed by atoms with van der Waals surface area (Å²) in [5, 5.41) is 1.33. The van der Waals surface area contributed by atoms with Crippen molar-refractivity contribution in [1.82, 2.24) is 9.88 Å². The Morgan fingerprint density at radius 2 is 1.90 bits per heavy atom. The van der Waals surface area contributed by atoms with Crippen LogP contribution in [-0.4, -0.2) is 56.2 Å². The van der Waals surface area contributed by atoms with Crippen molar-refractivity contribution in [1.29, 1.82) is 0 Å². The highest BCUT2D eigenvalue weighted by molar-refractivity contribution is 7.22. The van der Waals surface area contributed by atoms with Crippen LogP contribution < -0.4 is 14.4 Å². The first-order chi connectivity index (χ1) is 13.9. The van der Waals surface area contributed by atoms with Crippen LogP contribution in [0.5, 0.6) is 11.5 Å². The molecule has 0 atom stereocenters. The smallest absolute Gasteiger partial charge is 0.260 e. The molecule has 1 aliphatic rings. The number of fused-ring (bicyclic) bond motifs is 2. The summed E-state index contributed by atoms with van der Waals surface area (Å²) in [5.41, 5.74) is 2.41. The van der Waals surface area contributed by atoms with Crippen LogP contribution >= 0.6 is 22.9 Å². The molecular formula is C21H22ClN3O3S. The third-order valence-electron chi connectivity index (χ3n) is 4.67. The van der Waals surface area contributed by atoms with Gasteiger partial charge in [-0.2, -0.15) is 0 Å². The lowest BCUT2D eigenvalue weighted by Crippen LogP contribution is -2.36. The van der Waals surface area contributed by atoms with Gasteiger partial charge in [-0.1, -0.05) is 22.9 Å². The molecule has 0 saturated carbocycles. The Kier molecular flexibility index (Phi) is 5.63. The molecule has 0 radical (unpaired) electrons. The van der Waals surface area contributed by atoms with Gasteiger partial charge in [-0.25, -0.2) is 4.98 Å². The van der Waals surface area contributed by atoms with Gasteiger partial charge in [0.15, 0.2) is 16.6 Å². The van der Waals surface area contributed by atoms with Crippen LogP contribution in [0.15, 0.2) is 30.3 Å². The molecular weight excluding hydrogens is 410 g/mol. The molecule has 29 heavy (non-hydrogen) atoms. The van der Waals surface area contributed by atoms with E-state index in [0.29, 0.717) is 53.5 Å². The van der Waals surface area contributed by atoms with Crippen molar-refractivity contribution in [2.24, 2.45) is 0 Å². The normalized spacial score (nSPS) is 13.1. The summed E-state index contributed by atoms with van der Waals surface area (Å²) in [5.74, 6) is 1.14. The maximum atomic E-state index is 13.4. The summed E-state index contributed by atoms with van der Waals surface area (Å²) < 4.78 is 12.2. The Morgan fingerprint density at radius 3 is 2.66 bits per heavy atom. The number of anilines is 1. The molecule has 0 spiro atoms. The zero-order chi connectivity index (χ0) is 20.5. The van der Waals surface area contributed by atoms with Crippen LogP contribution in [0.25, 0.3) is 10.2 Å². The highest BCUT2D eigenvalue weighted by Gasteiger charge is 2.24. The maximum absolute atomic E-state index is 13.4. The van der Waals surface area contributed by atoms with Gasteiger partial charge in [-0.15, -0.1) is 0 Å². The van der Waals surface area contributed by atoms with Crippen LogP contribution in [0.1, 0.15) is 15.9 Å². The number of halogens is 1. The van der Waals surface area contributed by atoms with Gasteiger partial charge in [-0.05, 0) is 56.9 Å². The number of rotatable bonds is 5. The number of aromatic nitrogens is 1. The van der Waals surface area contributed by atoms with Crippen LogP contribution in [0.3, 0.4) is 0 Å². The molecule has 4 rings (SSSR count). The van der Waals surface area contributed by atoms with Crippen molar-refractivity contribution >= 4 is 44.2 Å². The Morgan fingerprint density at radius 1 is 1.14 bits per heavy atom. The topological polar surface area (TPSA) is 54.9 Å². The summed E-state index contributed by atoms with van der Waals surface area (Å²) in [7, 11) is 3.96. The van der Waals surface area contributed by atoms with Crippen molar-refractivity contribution in [2.75, 3.05) is 45.3 Å². The lowest BCUT2D eigenvalue weighted by molar-refractivity contribution is 0.0984. The minimum absolute atomic E-state index is 0.119. The summed E-state index contributed by atoms with van der Waals surface area (Å²) in [6.07, 6.45) is 0. The van der Waals surface area contributed by atoms with Gasteiger partial charge >= 0.3 is 0 Å². The Balaban J connectivity index is 1.72. The molecule has 6 nitrogen and oxygen atoms in total. The van der Waals surface area contributed by atoms with Crippen LogP contribution in [-0.2, 0) is 0 Å². The van der Waals surface area contributed by atoms with E-state index in [1.165, 1.54) is 11.3 Å². The number of hydrogen-bond acceptors (Lipinski definition) is 6. The van der Waals surface area contributed by atoms with Gasteiger partial charge in [0.25, 0.3) is 5.91 Å². The van der Waals surface area contributed by atoms with Gasteiger partial charge in [0, 0.05) is 23.7 Å². The quantitative estimate of drug-likeness (QED) is 0.604. The molecule has 2 heterocycles. The first-order valence-corrected chi connectivity index (χ1v) is 10.5. The molecule has 0 fully saturated rings. The third-order valence-corrected chi connectivity index (χ3v) is 5.92. The van der Waals surface area contributed by atoms with Crippen LogP contribution in [0, 0.1) is 6.92 Å². The second-order valence-corrected chi connectivity index (χ2v) is 8.63. The zero-order valence-corrected chi connectivity index (χ0v) is 18.1. The van der Waals surface area contributed by atoms with E-state index in [9.17, 15) is 4.79 Å². The van der Waals surface area contributed by atoms with Crippen molar-refractivity contribution < 1.29 is 14.3 Å². The number of likely N-dealkylation sites (N-methyl/N-ethyl adjacent to an activating group) is 1. The van der Waals surface area contributed by atoms with Crippen LogP contribution in [0.4, 0.5) is 5.13 Å². The summed E-state index contributed by atoms with van der Waals surface area (Å²) in [4.78, 5) is 21.9.